The summed E-state index contributed by atoms with van der Waals surface area (Å²) in [5.74, 6) is 2.64. The highest BCUT2D eigenvalue weighted by molar-refractivity contribution is 6.20. The molecule has 0 amide bonds. The van der Waals surface area contributed by atoms with Gasteiger partial charge in [-0.1, -0.05) is 36.8 Å². The van der Waals surface area contributed by atoms with E-state index in [1.807, 2.05) is 18.2 Å². The van der Waals surface area contributed by atoms with Gasteiger partial charge in [-0.3, -0.25) is 0 Å². The highest BCUT2D eigenvalue weighted by atomic mass is 35.5. The van der Waals surface area contributed by atoms with Crippen molar-refractivity contribution in [2.24, 2.45) is 0 Å². The molecule has 74 valence electrons. The molecule has 1 heteroatoms. The van der Waals surface area contributed by atoms with Crippen molar-refractivity contribution in [3.63, 3.8) is 0 Å². The molecule has 0 aromatic heterocycles. The van der Waals surface area contributed by atoms with Gasteiger partial charge in [0.15, 0.2) is 0 Å². The van der Waals surface area contributed by atoms with Gasteiger partial charge in [-0.2, -0.15) is 0 Å². The molecule has 0 radical (unpaired) electrons. The SMILES string of the molecule is C#CCCCCC(Cl)c1ccccc1. The number of halogens is 1. The van der Waals surface area contributed by atoms with Crippen LogP contribution in [0.4, 0.5) is 0 Å². The van der Waals surface area contributed by atoms with Gasteiger partial charge in [0.2, 0.25) is 0 Å². The Bertz CT molecular complexity index is 284. The zero-order chi connectivity index (χ0) is 10.2. The summed E-state index contributed by atoms with van der Waals surface area (Å²) in [6.45, 7) is 0. The normalized spacial score (nSPS) is 12.0. The van der Waals surface area contributed by atoms with Gasteiger partial charge in [0.25, 0.3) is 0 Å². The largest absolute Gasteiger partial charge is 0.120 e. The van der Waals surface area contributed by atoms with Crippen molar-refractivity contribution in [2.75, 3.05) is 0 Å². The molecule has 14 heavy (non-hydrogen) atoms. The quantitative estimate of drug-likeness (QED) is 0.386. The molecule has 0 nitrogen and oxygen atoms in total. The molecule has 0 N–H and O–H groups in total. The number of hydrogen-bond acceptors (Lipinski definition) is 0. The molecule has 0 heterocycles. The lowest BCUT2D eigenvalue weighted by atomic mass is 10.1. The molecule has 0 aliphatic heterocycles. The van der Waals surface area contributed by atoms with Gasteiger partial charge < -0.3 is 0 Å². The summed E-state index contributed by atoms with van der Waals surface area (Å²) in [5, 5.41) is 0.133. The van der Waals surface area contributed by atoms with E-state index in [4.69, 9.17) is 18.0 Å². The van der Waals surface area contributed by atoms with E-state index >= 15 is 0 Å². The van der Waals surface area contributed by atoms with Gasteiger partial charge in [-0.15, -0.1) is 23.9 Å². The molecule has 0 saturated heterocycles. The number of rotatable bonds is 5. The second-order valence-corrected chi connectivity index (χ2v) is 3.85. The average Bonchev–Trinajstić information content (AvgIpc) is 2.25. The summed E-state index contributed by atoms with van der Waals surface area (Å²) in [5.41, 5.74) is 1.20. The van der Waals surface area contributed by atoms with E-state index < -0.39 is 0 Å². The molecule has 0 saturated carbocycles. The molecule has 0 bridgehead atoms. The molecule has 0 spiro atoms. The number of alkyl halides is 1. The number of unbranched alkanes of at least 4 members (excludes halogenated alkanes) is 2. The van der Waals surface area contributed by atoms with E-state index in [9.17, 15) is 0 Å². The zero-order valence-corrected chi connectivity index (χ0v) is 9.00. The third-order valence-corrected chi connectivity index (χ3v) is 2.66. The van der Waals surface area contributed by atoms with E-state index in [1.165, 1.54) is 5.56 Å². The third-order valence-electron chi connectivity index (χ3n) is 2.19. The molecular weight excluding hydrogens is 192 g/mol. The first-order valence-corrected chi connectivity index (χ1v) is 5.40. The van der Waals surface area contributed by atoms with Crippen LogP contribution in [0.3, 0.4) is 0 Å². The van der Waals surface area contributed by atoms with Crippen molar-refractivity contribution >= 4 is 11.6 Å². The fourth-order valence-corrected chi connectivity index (χ4v) is 1.68. The molecule has 0 aliphatic carbocycles. The van der Waals surface area contributed by atoms with Crippen LogP contribution in [0.15, 0.2) is 30.3 Å². The number of hydrogen-bond donors (Lipinski definition) is 0. The fourth-order valence-electron chi connectivity index (χ4n) is 1.38. The average molecular weight is 207 g/mol. The Balaban J connectivity index is 2.29. The predicted molar refractivity (Wildman–Crippen MR) is 62.3 cm³/mol. The third kappa shape index (κ3) is 3.85. The molecule has 1 atom stereocenters. The van der Waals surface area contributed by atoms with Crippen molar-refractivity contribution in [3.8, 4) is 12.3 Å². The summed E-state index contributed by atoms with van der Waals surface area (Å²) in [6.07, 6.45) is 9.22. The van der Waals surface area contributed by atoms with E-state index in [0.717, 1.165) is 25.7 Å². The Hall–Kier alpha value is -0.930. The first-order valence-electron chi connectivity index (χ1n) is 4.97. The lowest BCUT2D eigenvalue weighted by Gasteiger charge is -2.08. The van der Waals surface area contributed by atoms with Crippen molar-refractivity contribution < 1.29 is 0 Å². The van der Waals surface area contributed by atoms with Gasteiger partial charge in [0.1, 0.15) is 0 Å². The minimum Gasteiger partial charge on any atom is -0.120 e. The summed E-state index contributed by atoms with van der Waals surface area (Å²) < 4.78 is 0. The Morgan fingerprint density at radius 2 is 1.93 bits per heavy atom. The van der Waals surface area contributed by atoms with Crippen LogP contribution in [0, 0.1) is 12.3 Å². The molecule has 0 aliphatic rings. The van der Waals surface area contributed by atoms with Crippen LogP contribution < -0.4 is 0 Å². The van der Waals surface area contributed by atoms with Crippen LogP contribution in [0.5, 0.6) is 0 Å². The Morgan fingerprint density at radius 3 is 2.57 bits per heavy atom. The van der Waals surface area contributed by atoms with Crippen molar-refractivity contribution in [1.29, 1.82) is 0 Å². The number of benzene rings is 1. The highest BCUT2D eigenvalue weighted by Gasteiger charge is 2.05. The lowest BCUT2D eigenvalue weighted by Crippen LogP contribution is -1.89. The molecular formula is C13H15Cl. The fraction of sp³-hybridized carbons (Fsp3) is 0.385. The van der Waals surface area contributed by atoms with Crippen molar-refractivity contribution in [1.82, 2.24) is 0 Å². The second-order valence-electron chi connectivity index (χ2n) is 3.33. The highest BCUT2D eigenvalue weighted by Crippen LogP contribution is 2.25. The second kappa shape index (κ2) is 6.51. The maximum atomic E-state index is 6.23. The Kier molecular flexibility index (Phi) is 5.19. The van der Waals surface area contributed by atoms with Gasteiger partial charge in [0.05, 0.1) is 5.38 Å². The smallest absolute Gasteiger partial charge is 0.0585 e. The molecule has 1 aromatic carbocycles. The summed E-state index contributed by atoms with van der Waals surface area (Å²) in [6, 6.07) is 10.2. The van der Waals surface area contributed by atoms with Crippen LogP contribution in [0.1, 0.15) is 36.6 Å². The first kappa shape index (κ1) is 11.1. The minimum atomic E-state index is 0.133. The minimum absolute atomic E-state index is 0.133. The predicted octanol–water partition coefficient (Wildman–Crippen LogP) is 4.16. The van der Waals surface area contributed by atoms with Gasteiger partial charge in [-0.05, 0) is 18.4 Å². The first-order chi connectivity index (χ1) is 6.84. The Labute approximate surface area is 91.3 Å². The van der Waals surface area contributed by atoms with Crippen LogP contribution in [0.25, 0.3) is 0 Å². The maximum Gasteiger partial charge on any atom is 0.0585 e. The van der Waals surface area contributed by atoms with Crippen LogP contribution >= 0.6 is 11.6 Å². The van der Waals surface area contributed by atoms with Gasteiger partial charge >= 0.3 is 0 Å². The van der Waals surface area contributed by atoms with Gasteiger partial charge in [-0.25, -0.2) is 0 Å². The molecule has 0 fully saturated rings. The van der Waals surface area contributed by atoms with Crippen LogP contribution in [-0.2, 0) is 0 Å². The van der Waals surface area contributed by atoms with E-state index in [-0.39, 0.29) is 5.38 Å². The van der Waals surface area contributed by atoms with Crippen LogP contribution in [-0.4, -0.2) is 0 Å². The monoisotopic (exact) mass is 206 g/mol. The van der Waals surface area contributed by atoms with Crippen molar-refractivity contribution in [3.05, 3.63) is 35.9 Å². The lowest BCUT2D eigenvalue weighted by molar-refractivity contribution is 0.679. The summed E-state index contributed by atoms with van der Waals surface area (Å²) in [4.78, 5) is 0. The standard InChI is InChI=1S/C13H15Cl/c1-2-3-4-8-11-13(14)12-9-6-5-7-10-12/h1,5-7,9-10,13H,3-4,8,11H2. The maximum absolute atomic E-state index is 6.23. The van der Waals surface area contributed by atoms with Crippen LogP contribution in [0.2, 0.25) is 0 Å². The number of terminal acetylenes is 1. The summed E-state index contributed by atoms with van der Waals surface area (Å²) in [7, 11) is 0. The zero-order valence-electron chi connectivity index (χ0n) is 8.25. The topological polar surface area (TPSA) is 0 Å². The van der Waals surface area contributed by atoms with Crippen molar-refractivity contribution in [2.45, 2.75) is 31.1 Å². The Morgan fingerprint density at radius 1 is 1.21 bits per heavy atom. The van der Waals surface area contributed by atoms with E-state index in [0.29, 0.717) is 0 Å². The molecule has 1 rings (SSSR count). The molecule has 1 aromatic rings. The van der Waals surface area contributed by atoms with E-state index in [1.54, 1.807) is 0 Å². The summed E-state index contributed by atoms with van der Waals surface area (Å²) >= 11 is 6.23. The van der Waals surface area contributed by atoms with Gasteiger partial charge in [0, 0.05) is 6.42 Å². The molecule has 1 unspecified atom stereocenters. The van der Waals surface area contributed by atoms with E-state index in [2.05, 4.69) is 18.1 Å².